The number of aromatic nitrogens is 4. The number of hydrogen-bond donors (Lipinski definition) is 1. The van der Waals surface area contributed by atoms with Gasteiger partial charge in [0.2, 0.25) is 0 Å². The molecule has 1 atom stereocenters. The molecule has 0 aliphatic carbocycles. The summed E-state index contributed by atoms with van der Waals surface area (Å²) in [6.45, 7) is 3.50. The highest BCUT2D eigenvalue weighted by Gasteiger charge is 2.33. The van der Waals surface area contributed by atoms with Gasteiger partial charge in [-0.25, -0.2) is 4.68 Å². The highest BCUT2D eigenvalue weighted by molar-refractivity contribution is 5.64. The van der Waals surface area contributed by atoms with Crippen molar-refractivity contribution >= 4 is 5.69 Å². The highest BCUT2D eigenvalue weighted by atomic mass is 16.5. The summed E-state index contributed by atoms with van der Waals surface area (Å²) in [6.07, 6.45) is 1.97. The molecule has 0 amide bonds. The first kappa shape index (κ1) is 13.8. The zero-order valence-electron chi connectivity index (χ0n) is 12.2. The molecule has 1 aliphatic heterocycles. The zero-order valence-corrected chi connectivity index (χ0v) is 12.2. The topological polar surface area (TPSA) is 88.1 Å². The Morgan fingerprint density at radius 3 is 2.95 bits per heavy atom. The zero-order chi connectivity index (χ0) is 14.9. The minimum Gasteiger partial charge on any atom is -0.497 e. The molecule has 3 rings (SSSR count). The number of ether oxygens (including phenoxy) is 2. The standard InChI is InChI=1S/C14H19N5O2/c1-14(4-3-5-21-9-14)19-13(16-17-18-19)10-6-11(15)8-12(7-10)20-2/h6-8H,3-5,9,15H2,1-2H3. The molecular weight excluding hydrogens is 270 g/mol. The first-order valence-corrected chi connectivity index (χ1v) is 6.94. The van der Waals surface area contributed by atoms with Gasteiger partial charge in [-0.05, 0) is 42.3 Å². The lowest BCUT2D eigenvalue weighted by atomic mass is 9.94. The van der Waals surface area contributed by atoms with E-state index in [4.69, 9.17) is 15.2 Å². The van der Waals surface area contributed by atoms with Gasteiger partial charge in [0.1, 0.15) is 5.75 Å². The van der Waals surface area contributed by atoms with Gasteiger partial charge in [0, 0.05) is 23.9 Å². The Hall–Kier alpha value is -2.15. The van der Waals surface area contributed by atoms with E-state index in [0.717, 1.165) is 25.0 Å². The predicted octanol–water partition coefficient (Wildman–Crippen LogP) is 1.46. The molecule has 21 heavy (non-hydrogen) atoms. The first-order chi connectivity index (χ1) is 10.1. The second kappa shape index (κ2) is 5.33. The predicted molar refractivity (Wildman–Crippen MR) is 77.9 cm³/mol. The number of nitrogen functional groups attached to an aromatic ring is 1. The molecule has 0 bridgehead atoms. The van der Waals surface area contributed by atoms with E-state index in [2.05, 4.69) is 22.4 Å². The fraction of sp³-hybridized carbons (Fsp3) is 0.500. The molecule has 1 aromatic carbocycles. The van der Waals surface area contributed by atoms with E-state index in [1.165, 1.54) is 0 Å². The fourth-order valence-corrected chi connectivity index (χ4v) is 2.69. The van der Waals surface area contributed by atoms with Crippen LogP contribution < -0.4 is 10.5 Å². The molecule has 7 heteroatoms. The molecule has 1 fully saturated rings. The summed E-state index contributed by atoms with van der Waals surface area (Å²) in [5, 5.41) is 12.2. The Labute approximate surface area is 123 Å². The van der Waals surface area contributed by atoms with Gasteiger partial charge in [-0.2, -0.15) is 0 Å². The number of tetrazole rings is 1. The number of rotatable bonds is 3. The van der Waals surface area contributed by atoms with Crippen molar-refractivity contribution in [3.05, 3.63) is 18.2 Å². The van der Waals surface area contributed by atoms with E-state index in [1.807, 2.05) is 16.8 Å². The second-order valence-corrected chi connectivity index (χ2v) is 5.56. The lowest BCUT2D eigenvalue weighted by molar-refractivity contribution is 0.00348. The van der Waals surface area contributed by atoms with Gasteiger partial charge in [-0.3, -0.25) is 0 Å². The molecule has 112 valence electrons. The van der Waals surface area contributed by atoms with E-state index in [1.54, 1.807) is 13.2 Å². The van der Waals surface area contributed by atoms with Crippen molar-refractivity contribution in [1.29, 1.82) is 0 Å². The summed E-state index contributed by atoms with van der Waals surface area (Å²) in [5.74, 6) is 1.36. The summed E-state index contributed by atoms with van der Waals surface area (Å²) < 4.78 is 12.7. The minimum atomic E-state index is -0.241. The molecule has 2 heterocycles. The molecule has 1 aromatic heterocycles. The van der Waals surface area contributed by atoms with Crippen molar-refractivity contribution in [2.45, 2.75) is 25.3 Å². The van der Waals surface area contributed by atoms with Gasteiger partial charge in [0.05, 0.1) is 19.3 Å². The largest absolute Gasteiger partial charge is 0.497 e. The Morgan fingerprint density at radius 1 is 1.38 bits per heavy atom. The lowest BCUT2D eigenvalue weighted by Gasteiger charge is -2.33. The average molecular weight is 289 g/mol. The average Bonchev–Trinajstić information content (AvgIpc) is 2.97. The Balaban J connectivity index is 2.04. The van der Waals surface area contributed by atoms with Crippen molar-refractivity contribution in [3.8, 4) is 17.1 Å². The molecule has 1 aliphatic rings. The van der Waals surface area contributed by atoms with Gasteiger partial charge in [0.15, 0.2) is 5.82 Å². The lowest BCUT2D eigenvalue weighted by Crippen LogP contribution is -2.40. The normalized spacial score (nSPS) is 22.2. The van der Waals surface area contributed by atoms with Crippen LogP contribution in [0.5, 0.6) is 5.75 Å². The third kappa shape index (κ3) is 2.56. The van der Waals surface area contributed by atoms with Gasteiger partial charge in [-0.1, -0.05) is 0 Å². The summed E-state index contributed by atoms with van der Waals surface area (Å²) in [6, 6.07) is 5.49. The smallest absolute Gasteiger partial charge is 0.182 e. The molecule has 7 nitrogen and oxygen atoms in total. The molecule has 2 N–H and O–H groups in total. The molecule has 1 unspecified atom stereocenters. The molecule has 2 aromatic rings. The third-order valence-electron chi connectivity index (χ3n) is 3.82. The molecule has 0 spiro atoms. The van der Waals surface area contributed by atoms with Crippen LogP contribution in [-0.2, 0) is 10.3 Å². The second-order valence-electron chi connectivity index (χ2n) is 5.56. The van der Waals surface area contributed by atoms with Gasteiger partial charge >= 0.3 is 0 Å². The van der Waals surface area contributed by atoms with Crippen LogP contribution in [0, 0.1) is 0 Å². The van der Waals surface area contributed by atoms with Crippen molar-refractivity contribution in [2.24, 2.45) is 0 Å². The number of hydrogen-bond acceptors (Lipinski definition) is 6. The van der Waals surface area contributed by atoms with E-state index < -0.39 is 0 Å². The van der Waals surface area contributed by atoms with Crippen molar-refractivity contribution in [1.82, 2.24) is 20.2 Å². The van der Waals surface area contributed by atoms with Crippen LogP contribution in [0.3, 0.4) is 0 Å². The molecule has 1 saturated heterocycles. The third-order valence-corrected chi connectivity index (χ3v) is 3.82. The minimum absolute atomic E-state index is 0.241. The monoisotopic (exact) mass is 289 g/mol. The highest BCUT2D eigenvalue weighted by Crippen LogP contribution is 2.32. The maximum atomic E-state index is 5.92. The first-order valence-electron chi connectivity index (χ1n) is 6.94. The van der Waals surface area contributed by atoms with E-state index in [-0.39, 0.29) is 5.54 Å². The van der Waals surface area contributed by atoms with Gasteiger partial charge in [-0.15, -0.1) is 5.10 Å². The van der Waals surface area contributed by atoms with Crippen LogP contribution in [0.1, 0.15) is 19.8 Å². The number of nitrogens with zero attached hydrogens (tertiary/aromatic N) is 4. The van der Waals surface area contributed by atoms with Crippen LogP contribution in [0.15, 0.2) is 18.2 Å². The Morgan fingerprint density at radius 2 is 2.24 bits per heavy atom. The molecule has 0 saturated carbocycles. The van der Waals surface area contributed by atoms with Crippen molar-refractivity contribution < 1.29 is 9.47 Å². The summed E-state index contributed by atoms with van der Waals surface area (Å²) in [4.78, 5) is 0. The maximum Gasteiger partial charge on any atom is 0.182 e. The van der Waals surface area contributed by atoms with Crippen LogP contribution in [-0.4, -0.2) is 40.5 Å². The van der Waals surface area contributed by atoms with Crippen LogP contribution >= 0.6 is 0 Å². The Bertz CT molecular complexity index is 634. The number of methoxy groups -OCH3 is 1. The Kier molecular flexibility index (Phi) is 3.50. The number of nitrogens with two attached hydrogens (primary N) is 1. The number of benzene rings is 1. The van der Waals surface area contributed by atoms with Crippen LogP contribution in [0.25, 0.3) is 11.4 Å². The van der Waals surface area contributed by atoms with E-state index in [0.29, 0.717) is 23.9 Å². The number of anilines is 1. The van der Waals surface area contributed by atoms with Crippen molar-refractivity contribution in [3.63, 3.8) is 0 Å². The summed E-state index contributed by atoms with van der Waals surface area (Å²) in [5.41, 5.74) is 7.13. The summed E-state index contributed by atoms with van der Waals surface area (Å²) >= 11 is 0. The quantitative estimate of drug-likeness (QED) is 0.861. The van der Waals surface area contributed by atoms with E-state index >= 15 is 0 Å². The summed E-state index contributed by atoms with van der Waals surface area (Å²) in [7, 11) is 1.61. The molecular formula is C14H19N5O2. The van der Waals surface area contributed by atoms with Crippen LogP contribution in [0.2, 0.25) is 0 Å². The van der Waals surface area contributed by atoms with E-state index in [9.17, 15) is 0 Å². The van der Waals surface area contributed by atoms with Gasteiger partial charge in [0.25, 0.3) is 0 Å². The fourth-order valence-electron chi connectivity index (χ4n) is 2.69. The SMILES string of the molecule is COc1cc(N)cc(-c2nnnn2C2(C)CCCOC2)c1. The maximum absolute atomic E-state index is 5.92. The van der Waals surface area contributed by atoms with Crippen LogP contribution in [0.4, 0.5) is 5.69 Å². The van der Waals surface area contributed by atoms with Crippen molar-refractivity contribution in [2.75, 3.05) is 26.1 Å². The molecule has 0 radical (unpaired) electrons. The van der Waals surface area contributed by atoms with Gasteiger partial charge < -0.3 is 15.2 Å².